The van der Waals surface area contributed by atoms with Gasteiger partial charge in [0.25, 0.3) is 0 Å². The number of carbonyl (C=O) groups excluding carboxylic acids is 2. The molecule has 1 unspecified atom stereocenters. The number of esters is 1. The second kappa shape index (κ2) is 15.1. The van der Waals surface area contributed by atoms with E-state index in [0.29, 0.717) is 24.2 Å². The molecule has 40 heavy (non-hydrogen) atoms. The zero-order chi connectivity index (χ0) is 29.1. The van der Waals surface area contributed by atoms with Gasteiger partial charge in [-0.15, -0.1) is 9.06 Å². The van der Waals surface area contributed by atoms with Crippen LogP contribution in [0.15, 0.2) is 35.2 Å². The summed E-state index contributed by atoms with van der Waals surface area (Å²) in [7, 11) is 0. The topological polar surface area (TPSA) is 140 Å². The summed E-state index contributed by atoms with van der Waals surface area (Å²) in [5.74, 6) is -1.38. The lowest BCUT2D eigenvalue weighted by atomic mass is 9.76. The van der Waals surface area contributed by atoms with Gasteiger partial charge in [0.05, 0.1) is 24.1 Å². The summed E-state index contributed by atoms with van der Waals surface area (Å²) in [5.41, 5.74) is 3.25. The zero-order valence-corrected chi connectivity index (χ0v) is 24.1. The van der Waals surface area contributed by atoms with Crippen molar-refractivity contribution < 1.29 is 48.6 Å². The van der Waals surface area contributed by atoms with Crippen LogP contribution in [-0.4, -0.2) is 55.6 Å². The molecule has 1 aromatic carbocycles. The molecule has 0 radical (unpaired) electrons. The van der Waals surface area contributed by atoms with Crippen LogP contribution in [-0.2, 0) is 29.1 Å². The third-order valence-corrected chi connectivity index (χ3v) is 7.91. The van der Waals surface area contributed by atoms with Crippen LogP contribution in [0.4, 0.5) is 5.69 Å². The Kier molecular flexibility index (Phi) is 11.9. The Balaban J connectivity index is 1.60. The molecule has 0 spiro atoms. The largest absolute Gasteiger partial charge is 0.492 e. The van der Waals surface area contributed by atoms with E-state index in [2.05, 4.69) is 33.9 Å². The number of nitrogens with zero attached hydrogens (tertiary/aromatic N) is 2. The summed E-state index contributed by atoms with van der Waals surface area (Å²) in [4.78, 5) is 29.6. The first-order chi connectivity index (χ1) is 19.2. The standard InChI is InChI=1S/C28H38N2O9S/c1-4-36-26(33)11-8-6-10-18-29-20(2)28(3,22-19-21(40-39-38-35)13-14-23(22)29)17-9-5-7-12-27(34)37-30-24(31)15-16-25(30)32/h13-16,19H,4-12,17-18H2,1-3H3,(H2-,31,32,35)/p+1. The van der Waals surface area contributed by atoms with Crippen LogP contribution in [0.1, 0.15) is 84.1 Å². The fourth-order valence-corrected chi connectivity index (χ4v) is 5.49. The fraction of sp³-hybridized carbons (Fsp3) is 0.536. The van der Waals surface area contributed by atoms with Crippen LogP contribution in [0.2, 0.25) is 0 Å². The van der Waals surface area contributed by atoms with Crippen molar-refractivity contribution in [3.05, 3.63) is 35.9 Å². The lowest BCUT2D eigenvalue weighted by molar-refractivity contribution is -0.439. The zero-order valence-electron chi connectivity index (χ0n) is 23.3. The summed E-state index contributed by atoms with van der Waals surface area (Å²) < 4.78 is 12.7. The van der Waals surface area contributed by atoms with E-state index in [1.807, 2.05) is 19.1 Å². The molecule has 2 aromatic rings. The van der Waals surface area contributed by atoms with Gasteiger partial charge in [-0.1, -0.05) is 17.9 Å². The number of aromatic hydroxyl groups is 2. The average molecular weight is 580 g/mol. The summed E-state index contributed by atoms with van der Waals surface area (Å²) in [6.07, 6.45) is 6.33. The Morgan fingerprint density at radius 2 is 1.65 bits per heavy atom. The number of fused-ring (bicyclic) bond motifs is 1. The molecule has 11 nitrogen and oxygen atoms in total. The van der Waals surface area contributed by atoms with Crippen LogP contribution < -0.4 is 4.84 Å². The Labute approximate surface area is 238 Å². The van der Waals surface area contributed by atoms with E-state index in [4.69, 9.17) is 14.8 Å². The molecule has 0 amide bonds. The fourth-order valence-electron chi connectivity index (χ4n) is 5.09. The van der Waals surface area contributed by atoms with Crippen LogP contribution in [0.3, 0.4) is 0 Å². The van der Waals surface area contributed by atoms with Gasteiger partial charge in [-0.05, 0) is 51.7 Å². The van der Waals surface area contributed by atoms with Gasteiger partial charge in [0.15, 0.2) is 5.71 Å². The number of ether oxygens (including phenoxy) is 1. The van der Waals surface area contributed by atoms with Crippen molar-refractivity contribution in [3.63, 3.8) is 0 Å². The minimum absolute atomic E-state index is 0.155. The molecule has 0 aliphatic carbocycles. The molecule has 1 aromatic heterocycles. The van der Waals surface area contributed by atoms with Gasteiger partial charge in [0.2, 0.25) is 17.4 Å². The van der Waals surface area contributed by atoms with Gasteiger partial charge in [-0.25, -0.2) is 10.1 Å². The normalized spacial score (nSPS) is 16.3. The highest BCUT2D eigenvalue weighted by Gasteiger charge is 2.46. The van der Waals surface area contributed by atoms with E-state index in [1.54, 1.807) is 0 Å². The summed E-state index contributed by atoms with van der Waals surface area (Å²) in [6, 6.07) is 8.49. The molecule has 12 heteroatoms. The lowest BCUT2D eigenvalue weighted by Crippen LogP contribution is -2.30. The molecule has 2 heterocycles. The smallest absolute Gasteiger partial charge is 0.333 e. The molecule has 220 valence electrons. The number of rotatable bonds is 17. The molecule has 1 aliphatic rings. The number of aromatic nitrogens is 1. The second-order valence-corrected chi connectivity index (χ2v) is 10.7. The molecule has 0 fully saturated rings. The number of hydrogen-bond donors (Lipinski definition) is 3. The first-order valence-electron chi connectivity index (χ1n) is 13.6. The van der Waals surface area contributed by atoms with Crippen molar-refractivity contribution >= 4 is 35.4 Å². The van der Waals surface area contributed by atoms with Crippen molar-refractivity contribution in [2.24, 2.45) is 0 Å². The highest BCUT2D eigenvalue weighted by atomic mass is 32.2. The maximum atomic E-state index is 12.2. The molecule has 3 rings (SSSR count). The molecule has 1 aliphatic heterocycles. The highest BCUT2D eigenvalue weighted by molar-refractivity contribution is 7.94. The number of unbranched alkanes of at least 4 members (excludes halogenated alkanes) is 4. The van der Waals surface area contributed by atoms with Gasteiger partial charge in [-0.3, -0.25) is 4.79 Å². The first-order valence-corrected chi connectivity index (χ1v) is 14.3. The Morgan fingerprint density at radius 1 is 0.975 bits per heavy atom. The van der Waals surface area contributed by atoms with E-state index in [-0.39, 0.29) is 29.6 Å². The van der Waals surface area contributed by atoms with Crippen molar-refractivity contribution in [1.82, 2.24) is 4.73 Å². The van der Waals surface area contributed by atoms with Crippen LogP contribution in [0, 0.1) is 0 Å². The molecule has 1 atom stereocenters. The number of benzene rings is 1. The van der Waals surface area contributed by atoms with Crippen molar-refractivity contribution in [2.45, 2.75) is 88.9 Å². The number of hydrogen-bond acceptors (Lipinski definition) is 10. The van der Waals surface area contributed by atoms with Crippen LogP contribution >= 0.6 is 12.0 Å². The molecule has 0 saturated carbocycles. The third-order valence-electron chi connectivity index (χ3n) is 7.33. The van der Waals surface area contributed by atoms with Crippen molar-refractivity contribution in [2.75, 3.05) is 13.2 Å². The maximum Gasteiger partial charge on any atom is 0.333 e. The Morgan fingerprint density at radius 3 is 2.33 bits per heavy atom. The molecular formula is C28H39N2O9S+. The van der Waals surface area contributed by atoms with Crippen LogP contribution in [0.5, 0.6) is 11.8 Å². The first kappa shape index (κ1) is 31.5. The molecule has 3 N–H and O–H groups in total. The van der Waals surface area contributed by atoms with Crippen LogP contribution in [0.25, 0.3) is 0 Å². The van der Waals surface area contributed by atoms with Gasteiger partial charge in [0.1, 0.15) is 6.54 Å². The van der Waals surface area contributed by atoms with E-state index in [9.17, 15) is 19.8 Å². The van der Waals surface area contributed by atoms with Crippen molar-refractivity contribution in [1.29, 1.82) is 0 Å². The van der Waals surface area contributed by atoms with Gasteiger partial charge >= 0.3 is 11.9 Å². The Bertz CT molecular complexity index is 1180. The van der Waals surface area contributed by atoms with Crippen molar-refractivity contribution in [3.8, 4) is 11.8 Å². The summed E-state index contributed by atoms with van der Waals surface area (Å²) in [5, 5.41) is 31.6. The molecular weight excluding hydrogens is 540 g/mol. The highest BCUT2D eigenvalue weighted by Crippen LogP contribution is 2.45. The monoisotopic (exact) mass is 579 g/mol. The van der Waals surface area contributed by atoms with Gasteiger partial charge in [-0.2, -0.15) is 4.58 Å². The summed E-state index contributed by atoms with van der Waals surface area (Å²) in [6.45, 7) is 7.39. The quantitative estimate of drug-likeness (QED) is 0.0555. The summed E-state index contributed by atoms with van der Waals surface area (Å²) >= 11 is 0.926. The minimum Gasteiger partial charge on any atom is -0.492 e. The SMILES string of the molecule is CCOC(=O)CCCCC[N+]1=C(C)C(C)(CCCCCC(=O)On2c(O)ccc2O)c2cc(SOOO)ccc21. The predicted molar refractivity (Wildman–Crippen MR) is 147 cm³/mol. The third kappa shape index (κ3) is 8.00. The Hall–Kier alpha value is -3.06. The minimum atomic E-state index is -0.538. The van der Waals surface area contributed by atoms with E-state index in [1.165, 1.54) is 17.8 Å². The molecule has 0 saturated heterocycles. The van der Waals surface area contributed by atoms with Gasteiger partial charge in [0, 0.05) is 54.8 Å². The van der Waals surface area contributed by atoms with E-state index >= 15 is 0 Å². The van der Waals surface area contributed by atoms with E-state index < -0.39 is 5.97 Å². The van der Waals surface area contributed by atoms with E-state index in [0.717, 1.165) is 73.3 Å². The molecule has 0 bridgehead atoms. The maximum absolute atomic E-state index is 12.2. The lowest BCUT2D eigenvalue weighted by Gasteiger charge is -2.22. The second-order valence-electron chi connectivity index (χ2n) is 9.96. The predicted octanol–water partition coefficient (Wildman–Crippen LogP) is 5.43. The average Bonchev–Trinajstić information content (AvgIpc) is 3.35. The van der Waals surface area contributed by atoms with Gasteiger partial charge < -0.3 is 19.8 Å². The number of carbonyl (C=O) groups is 2.